The number of carbonyl (C=O) groups is 1. The molecule has 17 heavy (non-hydrogen) atoms. The van der Waals surface area contributed by atoms with E-state index in [1.165, 1.54) is 0 Å². The molecule has 0 aliphatic heterocycles. The Morgan fingerprint density at radius 1 is 1.53 bits per heavy atom. The maximum atomic E-state index is 11.4. The number of hydrogen-bond donors (Lipinski definition) is 0. The molecule has 0 saturated carbocycles. The van der Waals surface area contributed by atoms with Gasteiger partial charge < -0.3 is 4.74 Å². The van der Waals surface area contributed by atoms with E-state index in [9.17, 15) is 4.79 Å². The van der Waals surface area contributed by atoms with Crippen molar-refractivity contribution < 1.29 is 9.53 Å². The summed E-state index contributed by atoms with van der Waals surface area (Å²) in [7, 11) is 1.92. The standard InChI is InChI=1S/C12H21N3O2/c1-5-15(9-12(16)17-6-2)8-11-7-10(3)13-14(11)4/h7H,5-6,8-9H2,1-4H3. The Morgan fingerprint density at radius 3 is 2.71 bits per heavy atom. The monoisotopic (exact) mass is 239 g/mol. The summed E-state index contributed by atoms with van der Waals surface area (Å²) in [5, 5.41) is 4.29. The summed E-state index contributed by atoms with van der Waals surface area (Å²) in [6.45, 7) is 8.09. The van der Waals surface area contributed by atoms with E-state index >= 15 is 0 Å². The molecule has 0 spiro atoms. The van der Waals surface area contributed by atoms with Crippen molar-refractivity contribution in [2.24, 2.45) is 7.05 Å². The molecule has 1 aromatic heterocycles. The molecule has 0 aromatic carbocycles. The Bertz CT molecular complexity index is 374. The van der Waals surface area contributed by atoms with Crippen LogP contribution in [0.1, 0.15) is 25.2 Å². The van der Waals surface area contributed by atoms with Crippen LogP contribution in [0, 0.1) is 6.92 Å². The summed E-state index contributed by atoms with van der Waals surface area (Å²) in [6, 6.07) is 2.04. The normalized spacial score (nSPS) is 10.9. The molecule has 5 nitrogen and oxygen atoms in total. The van der Waals surface area contributed by atoms with Crippen LogP contribution < -0.4 is 0 Å². The van der Waals surface area contributed by atoms with Crippen LogP contribution in [0.2, 0.25) is 0 Å². The van der Waals surface area contributed by atoms with Gasteiger partial charge in [-0.05, 0) is 26.5 Å². The quantitative estimate of drug-likeness (QED) is 0.698. The number of aryl methyl sites for hydroxylation is 2. The second-order valence-corrected chi connectivity index (χ2v) is 4.01. The number of hydrogen-bond acceptors (Lipinski definition) is 4. The second kappa shape index (κ2) is 6.39. The third-order valence-corrected chi connectivity index (χ3v) is 2.59. The summed E-state index contributed by atoms with van der Waals surface area (Å²) in [5.41, 5.74) is 2.10. The van der Waals surface area contributed by atoms with Crippen LogP contribution in [0.3, 0.4) is 0 Å². The van der Waals surface area contributed by atoms with Crippen LogP contribution in [-0.2, 0) is 23.1 Å². The molecule has 0 fully saturated rings. The summed E-state index contributed by atoms with van der Waals surface area (Å²) in [6.07, 6.45) is 0. The van der Waals surface area contributed by atoms with E-state index in [1.807, 2.05) is 43.5 Å². The van der Waals surface area contributed by atoms with Crippen molar-refractivity contribution in [2.45, 2.75) is 27.3 Å². The average molecular weight is 239 g/mol. The Hall–Kier alpha value is -1.36. The van der Waals surface area contributed by atoms with Gasteiger partial charge in [-0.3, -0.25) is 14.4 Å². The second-order valence-electron chi connectivity index (χ2n) is 4.01. The Balaban J connectivity index is 2.57. The van der Waals surface area contributed by atoms with E-state index in [0.29, 0.717) is 19.7 Å². The van der Waals surface area contributed by atoms with Crippen molar-refractivity contribution >= 4 is 5.97 Å². The Morgan fingerprint density at radius 2 is 2.24 bits per heavy atom. The van der Waals surface area contributed by atoms with E-state index in [0.717, 1.165) is 17.9 Å². The summed E-state index contributed by atoms with van der Waals surface area (Å²) in [4.78, 5) is 13.4. The highest BCUT2D eigenvalue weighted by Crippen LogP contribution is 2.06. The van der Waals surface area contributed by atoms with Gasteiger partial charge in [-0.1, -0.05) is 6.92 Å². The van der Waals surface area contributed by atoms with Gasteiger partial charge in [0, 0.05) is 13.6 Å². The van der Waals surface area contributed by atoms with Crippen molar-refractivity contribution in [1.82, 2.24) is 14.7 Å². The van der Waals surface area contributed by atoms with E-state index in [-0.39, 0.29) is 5.97 Å². The molecule has 0 bridgehead atoms. The van der Waals surface area contributed by atoms with Crippen LogP contribution in [0.4, 0.5) is 0 Å². The van der Waals surface area contributed by atoms with Gasteiger partial charge in [0.15, 0.2) is 0 Å². The van der Waals surface area contributed by atoms with Gasteiger partial charge in [-0.2, -0.15) is 5.10 Å². The third-order valence-electron chi connectivity index (χ3n) is 2.59. The molecule has 0 unspecified atom stereocenters. The molecule has 0 N–H and O–H groups in total. The SMILES string of the molecule is CCOC(=O)CN(CC)Cc1cc(C)nn1C. The first-order chi connectivity index (χ1) is 8.06. The first-order valence-electron chi connectivity index (χ1n) is 5.94. The zero-order chi connectivity index (χ0) is 12.8. The fourth-order valence-electron chi connectivity index (χ4n) is 1.71. The van der Waals surface area contributed by atoms with Gasteiger partial charge in [0.25, 0.3) is 0 Å². The maximum absolute atomic E-state index is 11.4. The van der Waals surface area contributed by atoms with Gasteiger partial charge >= 0.3 is 5.97 Å². The van der Waals surface area contributed by atoms with Gasteiger partial charge in [0.05, 0.1) is 24.5 Å². The van der Waals surface area contributed by atoms with Gasteiger partial charge in [0.2, 0.25) is 0 Å². The lowest BCUT2D eigenvalue weighted by molar-refractivity contribution is -0.144. The van der Waals surface area contributed by atoms with E-state index < -0.39 is 0 Å². The van der Waals surface area contributed by atoms with E-state index in [2.05, 4.69) is 5.10 Å². The largest absolute Gasteiger partial charge is 0.465 e. The van der Waals surface area contributed by atoms with Crippen molar-refractivity contribution in [3.05, 3.63) is 17.5 Å². The lowest BCUT2D eigenvalue weighted by Gasteiger charge is -2.18. The van der Waals surface area contributed by atoms with Crippen LogP contribution in [0.15, 0.2) is 6.07 Å². The molecule has 0 amide bonds. The van der Waals surface area contributed by atoms with Gasteiger partial charge in [-0.15, -0.1) is 0 Å². The molecule has 96 valence electrons. The van der Waals surface area contributed by atoms with E-state index in [1.54, 1.807) is 0 Å². The number of nitrogens with zero attached hydrogens (tertiary/aromatic N) is 3. The van der Waals surface area contributed by atoms with Gasteiger partial charge in [-0.25, -0.2) is 0 Å². The molecule has 1 heterocycles. The molecule has 0 aliphatic carbocycles. The van der Waals surface area contributed by atoms with E-state index in [4.69, 9.17) is 4.74 Å². The van der Waals surface area contributed by atoms with Crippen LogP contribution in [0.25, 0.3) is 0 Å². The number of aromatic nitrogens is 2. The minimum atomic E-state index is -0.173. The predicted octanol–water partition coefficient (Wildman–Crippen LogP) is 1.11. The van der Waals surface area contributed by atoms with Crippen molar-refractivity contribution in [2.75, 3.05) is 19.7 Å². The number of ether oxygens (including phenoxy) is 1. The zero-order valence-electron chi connectivity index (χ0n) is 11.1. The summed E-state index contributed by atoms with van der Waals surface area (Å²) in [5.74, 6) is -0.173. The highest BCUT2D eigenvalue weighted by Gasteiger charge is 2.12. The lowest BCUT2D eigenvalue weighted by atomic mass is 10.3. The average Bonchev–Trinajstić information content (AvgIpc) is 2.56. The first kappa shape index (κ1) is 13.7. The molecule has 0 atom stereocenters. The Labute approximate surface area is 102 Å². The summed E-state index contributed by atoms with van der Waals surface area (Å²) >= 11 is 0. The number of likely N-dealkylation sites (N-methyl/N-ethyl adjacent to an activating group) is 1. The van der Waals surface area contributed by atoms with Crippen molar-refractivity contribution in [3.8, 4) is 0 Å². The molecular formula is C12H21N3O2. The molecule has 1 rings (SSSR count). The third kappa shape index (κ3) is 4.19. The molecule has 5 heteroatoms. The molecular weight excluding hydrogens is 218 g/mol. The molecule has 0 radical (unpaired) electrons. The van der Waals surface area contributed by atoms with Gasteiger partial charge in [0.1, 0.15) is 0 Å². The number of esters is 1. The lowest BCUT2D eigenvalue weighted by Crippen LogP contribution is -2.31. The fourth-order valence-corrected chi connectivity index (χ4v) is 1.71. The topological polar surface area (TPSA) is 47.4 Å². The molecule has 0 saturated heterocycles. The highest BCUT2D eigenvalue weighted by molar-refractivity contribution is 5.71. The smallest absolute Gasteiger partial charge is 0.320 e. The predicted molar refractivity (Wildman–Crippen MR) is 65.5 cm³/mol. The number of rotatable bonds is 6. The first-order valence-corrected chi connectivity index (χ1v) is 5.94. The number of carbonyl (C=O) groups excluding carboxylic acids is 1. The van der Waals surface area contributed by atoms with Crippen molar-refractivity contribution in [3.63, 3.8) is 0 Å². The Kier molecular flexibility index (Phi) is 5.15. The molecule has 0 aliphatic rings. The fraction of sp³-hybridized carbons (Fsp3) is 0.667. The van der Waals surface area contributed by atoms with Crippen LogP contribution in [-0.4, -0.2) is 40.3 Å². The van der Waals surface area contributed by atoms with Crippen LogP contribution in [0.5, 0.6) is 0 Å². The zero-order valence-corrected chi connectivity index (χ0v) is 11.1. The minimum Gasteiger partial charge on any atom is -0.465 e. The summed E-state index contributed by atoms with van der Waals surface area (Å²) < 4.78 is 6.79. The van der Waals surface area contributed by atoms with Crippen molar-refractivity contribution in [1.29, 1.82) is 0 Å². The minimum absolute atomic E-state index is 0.173. The maximum Gasteiger partial charge on any atom is 0.320 e. The molecule has 1 aromatic rings. The van der Waals surface area contributed by atoms with Crippen LogP contribution >= 0.6 is 0 Å². The highest BCUT2D eigenvalue weighted by atomic mass is 16.5.